The SMILES string of the molecule is CC1(C)c2ccccc2-c2ccc(-c3c4ccccc4c(-c4ccc5c(c4)C(C)(C)c4ccccc4-5)c4cc(-c5ccc(-c6ccc7c(c6)nc(-c6ccccc6)n7-c6ccccc6)cc5)ccc34)cc21. The smallest absolute Gasteiger partial charge is 0.145 e. The molecule has 336 valence electrons. The van der Waals surface area contributed by atoms with Crippen molar-refractivity contribution < 1.29 is 0 Å². The molecule has 2 nitrogen and oxygen atoms in total. The van der Waals surface area contributed by atoms with Crippen LogP contribution < -0.4 is 0 Å². The van der Waals surface area contributed by atoms with Gasteiger partial charge in [0.1, 0.15) is 5.82 Å². The zero-order valence-corrected chi connectivity index (χ0v) is 40.3. The maximum Gasteiger partial charge on any atom is 0.145 e. The summed E-state index contributed by atoms with van der Waals surface area (Å²) in [5.74, 6) is 0.935. The quantitative estimate of drug-likeness (QED) is 0.152. The van der Waals surface area contributed by atoms with Gasteiger partial charge >= 0.3 is 0 Å². The topological polar surface area (TPSA) is 17.8 Å². The molecule has 1 aromatic heterocycles. The summed E-state index contributed by atoms with van der Waals surface area (Å²) < 4.78 is 2.27. The first-order valence-corrected chi connectivity index (χ1v) is 24.9. The van der Waals surface area contributed by atoms with Gasteiger partial charge in [0.05, 0.1) is 11.0 Å². The summed E-state index contributed by atoms with van der Waals surface area (Å²) in [4.78, 5) is 5.26. The highest BCUT2D eigenvalue weighted by Crippen LogP contribution is 2.54. The van der Waals surface area contributed by atoms with Crippen molar-refractivity contribution in [3.8, 4) is 83.8 Å². The van der Waals surface area contributed by atoms with E-state index >= 15 is 0 Å². The molecule has 0 unspecified atom stereocenters. The zero-order chi connectivity index (χ0) is 47.6. The second kappa shape index (κ2) is 15.5. The van der Waals surface area contributed by atoms with E-state index < -0.39 is 0 Å². The zero-order valence-electron chi connectivity index (χ0n) is 40.3. The Bertz CT molecular complexity index is 4130. The highest BCUT2D eigenvalue weighted by Gasteiger charge is 2.37. The first kappa shape index (κ1) is 41.4. The third kappa shape index (κ3) is 6.24. The Morgan fingerprint density at radius 3 is 1.34 bits per heavy atom. The van der Waals surface area contributed by atoms with E-state index in [1.54, 1.807) is 0 Å². The summed E-state index contributed by atoms with van der Waals surface area (Å²) >= 11 is 0. The van der Waals surface area contributed by atoms with Gasteiger partial charge in [-0.2, -0.15) is 0 Å². The fourth-order valence-electron chi connectivity index (χ4n) is 12.4. The van der Waals surface area contributed by atoms with Gasteiger partial charge in [-0.3, -0.25) is 4.57 Å². The van der Waals surface area contributed by atoms with E-state index in [1.165, 1.54) is 99.4 Å². The number of hydrogen-bond acceptors (Lipinski definition) is 1. The Morgan fingerprint density at radius 2 is 0.746 bits per heavy atom. The van der Waals surface area contributed by atoms with Crippen molar-refractivity contribution in [2.45, 2.75) is 38.5 Å². The van der Waals surface area contributed by atoms with Crippen LogP contribution >= 0.6 is 0 Å². The summed E-state index contributed by atoms with van der Waals surface area (Å²) in [6.07, 6.45) is 0. The molecule has 11 aromatic carbocycles. The Kier molecular flexibility index (Phi) is 9.01. The molecular formula is C69H50N2. The van der Waals surface area contributed by atoms with Gasteiger partial charge in [-0.05, 0) is 153 Å². The summed E-state index contributed by atoms with van der Waals surface area (Å²) in [7, 11) is 0. The number of fused-ring (bicyclic) bond motifs is 9. The van der Waals surface area contributed by atoms with Crippen molar-refractivity contribution in [3.05, 3.63) is 253 Å². The maximum atomic E-state index is 5.26. The molecule has 0 N–H and O–H groups in total. The summed E-state index contributed by atoms with van der Waals surface area (Å²) in [6, 6.07) is 85.5. The highest BCUT2D eigenvalue weighted by molar-refractivity contribution is 6.22. The van der Waals surface area contributed by atoms with E-state index in [9.17, 15) is 0 Å². The molecule has 0 saturated carbocycles. The molecule has 0 fully saturated rings. The lowest BCUT2D eigenvalue weighted by atomic mass is 9.79. The molecule has 71 heavy (non-hydrogen) atoms. The van der Waals surface area contributed by atoms with Crippen molar-refractivity contribution in [2.75, 3.05) is 0 Å². The molecule has 0 radical (unpaired) electrons. The molecule has 2 aliphatic carbocycles. The average Bonchev–Trinajstić information content (AvgIpc) is 4.00. The molecule has 2 heteroatoms. The van der Waals surface area contributed by atoms with E-state index in [0.717, 1.165) is 39.2 Å². The van der Waals surface area contributed by atoms with Crippen molar-refractivity contribution in [2.24, 2.45) is 0 Å². The van der Waals surface area contributed by atoms with Crippen molar-refractivity contribution in [1.82, 2.24) is 9.55 Å². The molecule has 0 saturated heterocycles. The van der Waals surface area contributed by atoms with Crippen molar-refractivity contribution >= 4 is 32.6 Å². The molecule has 1 heterocycles. The third-order valence-electron chi connectivity index (χ3n) is 16.0. The minimum absolute atomic E-state index is 0.109. The van der Waals surface area contributed by atoms with Crippen LogP contribution in [0.5, 0.6) is 0 Å². The van der Waals surface area contributed by atoms with E-state index in [-0.39, 0.29) is 10.8 Å². The predicted molar refractivity (Wildman–Crippen MR) is 298 cm³/mol. The van der Waals surface area contributed by atoms with Crippen LogP contribution in [0.4, 0.5) is 0 Å². The van der Waals surface area contributed by atoms with Gasteiger partial charge in [0.15, 0.2) is 0 Å². The fraction of sp³-hybridized carbons (Fsp3) is 0.0870. The molecule has 0 atom stereocenters. The van der Waals surface area contributed by atoms with Gasteiger partial charge in [0, 0.05) is 22.1 Å². The Hall–Kier alpha value is -8.59. The van der Waals surface area contributed by atoms with Crippen molar-refractivity contribution in [3.63, 3.8) is 0 Å². The van der Waals surface area contributed by atoms with Crippen LogP contribution in [0.25, 0.3) is 116 Å². The summed E-state index contributed by atoms with van der Waals surface area (Å²) in [5.41, 5.74) is 24.6. The molecule has 0 amide bonds. The Morgan fingerprint density at radius 1 is 0.310 bits per heavy atom. The van der Waals surface area contributed by atoms with E-state index in [4.69, 9.17) is 4.98 Å². The van der Waals surface area contributed by atoms with Gasteiger partial charge in [-0.1, -0.05) is 216 Å². The lowest BCUT2D eigenvalue weighted by Gasteiger charge is -2.24. The monoisotopic (exact) mass is 906 g/mol. The van der Waals surface area contributed by atoms with E-state index in [2.05, 4.69) is 263 Å². The second-order valence-electron chi connectivity index (χ2n) is 20.7. The Balaban J connectivity index is 0.930. The normalized spacial score (nSPS) is 13.9. The lowest BCUT2D eigenvalue weighted by Crippen LogP contribution is -2.15. The maximum absolute atomic E-state index is 5.26. The molecule has 12 aromatic rings. The predicted octanol–water partition coefficient (Wildman–Crippen LogP) is 18.3. The first-order valence-electron chi connectivity index (χ1n) is 24.9. The average molecular weight is 907 g/mol. The van der Waals surface area contributed by atoms with Crippen LogP contribution in [-0.4, -0.2) is 9.55 Å². The number of imidazole rings is 1. The van der Waals surface area contributed by atoms with Gasteiger partial charge in [0.25, 0.3) is 0 Å². The van der Waals surface area contributed by atoms with Gasteiger partial charge in [0.2, 0.25) is 0 Å². The van der Waals surface area contributed by atoms with E-state index in [1.807, 2.05) is 0 Å². The number of para-hydroxylation sites is 1. The second-order valence-corrected chi connectivity index (χ2v) is 20.7. The molecular weight excluding hydrogens is 857 g/mol. The molecule has 14 rings (SSSR count). The van der Waals surface area contributed by atoms with Gasteiger partial charge < -0.3 is 0 Å². The van der Waals surface area contributed by atoms with Crippen LogP contribution in [0, 0.1) is 0 Å². The summed E-state index contributed by atoms with van der Waals surface area (Å²) in [6.45, 7) is 9.53. The van der Waals surface area contributed by atoms with Gasteiger partial charge in [-0.15, -0.1) is 0 Å². The molecule has 2 aliphatic rings. The standard InChI is InChI=1S/C69H50N2/c1-68(2)59-25-15-13-21-51(59)53-35-32-48(40-61(53)68)65-55-23-11-12-24-56(55)66(49-33-36-54-52-22-14-16-26-60(52)69(3,4)62(54)41-49)58-39-46(31-37-57(58)65)43-27-29-44(30-28-43)47-34-38-64-63(42-47)70-67(45-17-7-5-8-18-45)71(64)50-19-9-6-10-20-50/h5-42H,1-4H3. The minimum Gasteiger partial charge on any atom is -0.292 e. The number of hydrogen-bond donors (Lipinski definition) is 0. The van der Waals surface area contributed by atoms with Crippen LogP contribution in [0.3, 0.4) is 0 Å². The van der Waals surface area contributed by atoms with Crippen LogP contribution in [0.15, 0.2) is 231 Å². The molecule has 0 bridgehead atoms. The lowest BCUT2D eigenvalue weighted by molar-refractivity contribution is 0.660. The molecule has 0 spiro atoms. The minimum atomic E-state index is -0.119. The highest BCUT2D eigenvalue weighted by atomic mass is 15.1. The number of aromatic nitrogens is 2. The number of benzene rings is 11. The van der Waals surface area contributed by atoms with Crippen LogP contribution in [0.2, 0.25) is 0 Å². The van der Waals surface area contributed by atoms with Crippen molar-refractivity contribution in [1.29, 1.82) is 0 Å². The van der Waals surface area contributed by atoms with Crippen LogP contribution in [0.1, 0.15) is 49.9 Å². The summed E-state index contributed by atoms with van der Waals surface area (Å²) in [5, 5.41) is 5.04. The Labute approximate surface area is 415 Å². The first-order chi connectivity index (χ1) is 34.7. The van der Waals surface area contributed by atoms with E-state index in [0.29, 0.717) is 0 Å². The number of rotatable bonds is 6. The van der Waals surface area contributed by atoms with Crippen LogP contribution in [-0.2, 0) is 10.8 Å². The number of nitrogens with zero attached hydrogens (tertiary/aromatic N) is 2. The third-order valence-corrected chi connectivity index (χ3v) is 16.0. The fourth-order valence-corrected chi connectivity index (χ4v) is 12.4. The molecule has 0 aliphatic heterocycles. The van der Waals surface area contributed by atoms with Gasteiger partial charge in [-0.25, -0.2) is 4.98 Å². The largest absolute Gasteiger partial charge is 0.292 e.